The molecule has 1 amide bonds. The Bertz CT molecular complexity index is 778. The van der Waals surface area contributed by atoms with E-state index in [0.717, 1.165) is 5.56 Å². The van der Waals surface area contributed by atoms with E-state index in [2.05, 4.69) is 5.32 Å². The maximum Gasteiger partial charge on any atom is 0.344 e. The third kappa shape index (κ3) is 5.59. The predicted octanol–water partition coefficient (Wildman–Crippen LogP) is 2.39. The maximum atomic E-state index is 11.8. The van der Waals surface area contributed by atoms with Gasteiger partial charge < -0.3 is 14.8 Å². The van der Waals surface area contributed by atoms with Gasteiger partial charge in [-0.3, -0.25) is 14.9 Å². The van der Waals surface area contributed by atoms with E-state index in [0.29, 0.717) is 0 Å². The van der Waals surface area contributed by atoms with Gasteiger partial charge in [-0.1, -0.05) is 42.5 Å². The molecular formula is C18H18N2O6. The molecule has 2 rings (SSSR count). The Morgan fingerprint density at radius 3 is 2.42 bits per heavy atom. The van der Waals surface area contributed by atoms with Gasteiger partial charge in [0.1, 0.15) is 0 Å². The molecule has 8 heteroatoms. The SMILES string of the molecule is C[C@H](NC(=O)COC(=O)COc1ccccc1[N+](=O)[O-])c1ccccc1. The summed E-state index contributed by atoms with van der Waals surface area (Å²) in [6, 6.07) is 14.8. The zero-order valence-corrected chi connectivity index (χ0v) is 14.1. The molecule has 0 aromatic heterocycles. The van der Waals surface area contributed by atoms with Crippen molar-refractivity contribution in [1.29, 1.82) is 0 Å². The van der Waals surface area contributed by atoms with Crippen LogP contribution in [0, 0.1) is 10.1 Å². The van der Waals surface area contributed by atoms with Crippen LogP contribution in [0.2, 0.25) is 0 Å². The van der Waals surface area contributed by atoms with E-state index >= 15 is 0 Å². The highest BCUT2D eigenvalue weighted by Crippen LogP contribution is 2.25. The third-order valence-electron chi connectivity index (χ3n) is 3.45. The molecule has 0 radical (unpaired) electrons. The number of para-hydroxylation sites is 2. The third-order valence-corrected chi connectivity index (χ3v) is 3.45. The smallest absolute Gasteiger partial charge is 0.344 e. The van der Waals surface area contributed by atoms with Crippen LogP contribution >= 0.6 is 0 Å². The molecule has 8 nitrogen and oxygen atoms in total. The summed E-state index contributed by atoms with van der Waals surface area (Å²) in [5.41, 5.74) is 0.668. The fourth-order valence-corrected chi connectivity index (χ4v) is 2.16. The van der Waals surface area contributed by atoms with E-state index in [1.807, 2.05) is 37.3 Å². The number of nitro benzene ring substituents is 1. The Kier molecular flexibility index (Phi) is 6.67. The van der Waals surface area contributed by atoms with Crippen molar-refractivity contribution >= 4 is 17.6 Å². The Balaban J connectivity index is 1.77. The van der Waals surface area contributed by atoms with E-state index in [4.69, 9.17) is 9.47 Å². The minimum absolute atomic E-state index is 0.0448. The average molecular weight is 358 g/mol. The standard InChI is InChI=1S/C18H18N2O6/c1-13(14-7-3-2-4-8-14)19-17(21)11-26-18(22)12-25-16-10-6-5-9-15(16)20(23)24/h2-10,13H,11-12H2,1H3,(H,19,21)/t13-/m0/s1. The van der Waals surface area contributed by atoms with Gasteiger partial charge in [0.05, 0.1) is 11.0 Å². The van der Waals surface area contributed by atoms with Crippen LogP contribution in [0.15, 0.2) is 54.6 Å². The Hall–Kier alpha value is -3.42. The lowest BCUT2D eigenvalue weighted by Crippen LogP contribution is -2.31. The first-order chi connectivity index (χ1) is 12.5. The summed E-state index contributed by atoms with van der Waals surface area (Å²) in [5.74, 6) is -1.30. The summed E-state index contributed by atoms with van der Waals surface area (Å²) in [7, 11) is 0. The molecule has 26 heavy (non-hydrogen) atoms. The van der Waals surface area contributed by atoms with Crippen LogP contribution in [-0.4, -0.2) is 30.0 Å². The normalized spacial score (nSPS) is 11.3. The average Bonchev–Trinajstić information content (AvgIpc) is 2.65. The Morgan fingerprint density at radius 1 is 1.08 bits per heavy atom. The van der Waals surface area contributed by atoms with Crippen LogP contribution in [0.3, 0.4) is 0 Å². The van der Waals surface area contributed by atoms with E-state index in [1.54, 1.807) is 6.07 Å². The molecule has 0 fully saturated rings. The van der Waals surface area contributed by atoms with Gasteiger partial charge in [0.25, 0.3) is 5.91 Å². The number of nitrogens with zero attached hydrogens (tertiary/aromatic N) is 1. The van der Waals surface area contributed by atoms with Crippen molar-refractivity contribution in [2.45, 2.75) is 13.0 Å². The summed E-state index contributed by atoms with van der Waals surface area (Å²) in [4.78, 5) is 33.7. The molecule has 0 aliphatic heterocycles. The molecule has 0 spiro atoms. The quantitative estimate of drug-likeness (QED) is 0.441. The molecular weight excluding hydrogens is 340 g/mol. The van der Waals surface area contributed by atoms with Crippen LogP contribution in [0.25, 0.3) is 0 Å². The van der Waals surface area contributed by atoms with Crippen LogP contribution in [-0.2, 0) is 14.3 Å². The molecule has 0 bridgehead atoms. The fourth-order valence-electron chi connectivity index (χ4n) is 2.16. The molecule has 0 heterocycles. The van der Waals surface area contributed by atoms with Crippen LogP contribution in [0.1, 0.15) is 18.5 Å². The molecule has 136 valence electrons. The number of ether oxygens (including phenoxy) is 2. The number of carbonyl (C=O) groups is 2. The number of benzene rings is 2. The molecule has 1 atom stereocenters. The van der Waals surface area contributed by atoms with Crippen molar-refractivity contribution in [2.24, 2.45) is 0 Å². The first-order valence-corrected chi connectivity index (χ1v) is 7.83. The van der Waals surface area contributed by atoms with Gasteiger partial charge in [-0.25, -0.2) is 4.79 Å². The first-order valence-electron chi connectivity index (χ1n) is 7.83. The van der Waals surface area contributed by atoms with Crippen molar-refractivity contribution in [3.63, 3.8) is 0 Å². The fraction of sp³-hybridized carbons (Fsp3) is 0.222. The van der Waals surface area contributed by atoms with E-state index < -0.39 is 30.0 Å². The van der Waals surface area contributed by atoms with Crippen LogP contribution in [0.5, 0.6) is 5.75 Å². The molecule has 1 N–H and O–H groups in total. The van der Waals surface area contributed by atoms with Crippen molar-refractivity contribution in [2.75, 3.05) is 13.2 Å². The van der Waals surface area contributed by atoms with Gasteiger partial charge in [0, 0.05) is 6.07 Å². The number of esters is 1. The van der Waals surface area contributed by atoms with Gasteiger partial charge in [-0.15, -0.1) is 0 Å². The van der Waals surface area contributed by atoms with Crippen molar-refractivity contribution in [3.8, 4) is 5.75 Å². The number of nitro groups is 1. The van der Waals surface area contributed by atoms with Crippen LogP contribution < -0.4 is 10.1 Å². The molecule has 2 aromatic carbocycles. The minimum atomic E-state index is -0.800. The number of rotatable bonds is 8. The van der Waals surface area contributed by atoms with Crippen molar-refractivity contribution in [1.82, 2.24) is 5.32 Å². The number of amides is 1. The van der Waals surface area contributed by atoms with Crippen molar-refractivity contribution < 1.29 is 24.0 Å². The lowest BCUT2D eigenvalue weighted by Gasteiger charge is -2.14. The van der Waals surface area contributed by atoms with E-state index in [1.165, 1.54) is 18.2 Å². The summed E-state index contributed by atoms with van der Waals surface area (Å²) >= 11 is 0. The highest BCUT2D eigenvalue weighted by atomic mass is 16.6. The van der Waals surface area contributed by atoms with E-state index in [-0.39, 0.29) is 17.5 Å². The minimum Gasteiger partial charge on any atom is -0.475 e. The Labute approximate surface area is 149 Å². The lowest BCUT2D eigenvalue weighted by molar-refractivity contribution is -0.385. The first kappa shape index (κ1) is 18.9. The summed E-state index contributed by atoms with van der Waals surface area (Å²) < 4.78 is 9.91. The van der Waals surface area contributed by atoms with E-state index in [9.17, 15) is 19.7 Å². The predicted molar refractivity (Wildman–Crippen MR) is 92.6 cm³/mol. The zero-order valence-electron chi connectivity index (χ0n) is 14.1. The largest absolute Gasteiger partial charge is 0.475 e. The second-order valence-corrected chi connectivity index (χ2v) is 5.37. The monoisotopic (exact) mass is 358 g/mol. The molecule has 0 aliphatic carbocycles. The maximum absolute atomic E-state index is 11.8. The molecule has 0 aliphatic rings. The number of nitrogens with one attached hydrogen (secondary N) is 1. The van der Waals surface area contributed by atoms with Gasteiger partial charge in [0.15, 0.2) is 19.0 Å². The molecule has 0 saturated carbocycles. The summed E-state index contributed by atoms with van der Waals surface area (Å²) in [6.45, 7) is 0.815. The second-order valence-electron chi connectivity index (χ2n) is 5.37. The molecule has 0 saturated heterocycles. The number of hydrogen-bond donors (Lipinski definition) is 1. The van der Waals surface area contributed by atoms with Crippen molar-refractivity contribution in [3.05, 3.63) is 70.3 Å². The summed E-state index contributed by atoms with van der Waals surface area (Å²) in [5, 5.41) is 13.6. The van der Waals surface area contributed by atoms with Gasteiger partial charge in [-0.2, -0.15) is 0 Å². The topological polar surface area (TPSA) is 108 Å². The highest BCUT2D eigenvalue weighted by Gasteiger charge is 2.16. The second kappa shape index (κ2) is 9.16. The zero-order chi connectivity index (χ0) is 18.9. The van der Waals surface area contributed by atoms with Crippen LogP contribution in [0.4, 0.5) is 5.69 Å². The number of hydrogen-bond acceptors (Lipinski definition) is 6. The Morgan fingerprint density at radius 2 is 1.73 bits per heavy atom. The van der Waals surface area contributed by atoms with Gasteiger partial charge in [-0.05, 0) is 18.6 Å². The van der Waals surface area contributed by atoms with Gasteiger partial charge in [0.2, 0.25) is 0 Å². The lowest BCUT2D eigenvalue weighted by atomic mass is 10.1. The summed E-state index contributed by atoms with van der Waals surface area (Å²) in [6.07, 6.45) is 0. The van der Waals surface area contributed by atoms with Gasteiger partial charge >= 0.3 is 11.7 Å². The number of carbonyl (C=O) groups excluding carboxylic acids is 2. The highest BCUT2D eigenvalue weighted by molar-refractivity contribution is 5.81. The molecule has 0 unspecified atom stereocenters. The molecule has 2 aromatic rings.